The molecule has 12 heteroatoms. The molecule has 0 aromatic carbocycles. The normalized spacial score (nSPS) is 38.3. The number of aliphatic hydroxyl groups excluding tert-OH is 1. The zero-order valence-corrected chi connectivity index (χ0v) is 13.6. The van der Waals surface area contributed by atoms with Crippen LogP contribution < -0.4 is 5.73 Å². The van der Waals surface area contributed by atoms with Crippen molar-refractivity contribution in [2.45, 2.75) is 24.5 Å². The van der Waals surface area contributed by atoms with Crippen LogP contribution in [0, 0.1) is 0 Å². The number of fused-ring (bicyclic) bond motifs is 2. The molecule has 0 aliphatic carbocycles. The van der Waals surface area contributed by atoms with Gasteiger partial charge in [-0.25, -0.2) is 15.0 Å². The van der Waals surface area contributed by atoms with Gasteiger partial charge in [-0.15, -0.1) is 0 Å². The van der Waals surface area contributed by atoms with E-state index >= 15 is 0 Å². The van der Waals surface area contributed by atoms with Gasteiger partial charge in [-0.3, -0.25) is 4.57 Å². The van der Waals surface area contributed by atoms with Gasteiger partial charge in [0.1, 0.15) is 30.2 Å². The highest BCUT2D eigenvalue weighted by atomic mass is 32.9. The number of imidazole rings is 1. The summed E-state index contributed by atoms with van der Waals surface area (Å²) in [5, 5.41) is 10.5. The fourth-order valence-electron chi connectivity index (χ4n) is 2.62. The zero-order chi connectivity index (χ0) is 15.5. The molecule has 1 unspecified atom stereocenters. The van der Waals surface area contributed by atoms with Gasteiger partial charge in [0.15, 0.2) is 17.7 Å². The number of rotatable bonds is 1. The molecule has 22 heavy (non-hydrogen) atoms. The number of hydrogen-bond acceptors (Lipinski definition) is 9. The minimum Gasteiger partial charge on any atom is -0.386 e. The lowest BCUT2D eigenvalue weighted by molar-refractivity contribution is -0.0528. The molecule has 0 bridgehead atoms. The van der Waals surface area contributed by atoms with Gasteiger partial charge in [0.25, 0.3) is 0 Å². The van der Waals surface area contributed by atoms with Gasteiger partial charge in [0, 0.05) is 0 Å². The van der Waals surface area contributed by atoms with E-state index in [-0.39, 0.29) is 12.4 Å². The van der Waals surface area contributed by atoms with Crippen molar-refractivity contribution in [2.75, 3.05) is 12.3 Å². The second-order valence-electron chi connectivity index (χ2n) is 4.97. The summed E-state index contributed by atoms with van der Waals surface area (Å²) in [6.45, 7) is 0.225. The number of nitrogens with zero attached hydrogens (tertiary/aromatic N) is 4. The van der Waals surface area contributed by atoms with Crippen LogP contribution in [0.3, 0.4) is 0 Å². The van der Waals surface area contributed by atoms with E-state index in [1.165, 1.54) is 12.7 Å². The molecule has 2 aliphatic heterocycles. The Morgan fingerprint density at radius 3 is 3.09 bits per heavy atom. The lowest BCUT2D eigenvalue weighted by Crippen LogP contribution is -2.38. The van der Waals surface area contributed by atoms with Gasteiger partial charge in [-0.2, -0.15) is 0 Å². The third kappa shape index (κ3) is 2.24. The van der Waals surface area contributed by atoms with Gasteiger partial charge in [-0.1, -0.05) is 12.2 Å². The van der Waals surface area contributed by atoms with Crippen molar-refractivity contribution >= 4 is 46.7 Å². The molecule has 0 radical (unpaired) electrons. The van der Waals surface area contributed by atoms with Gasteiger partial charge in [-0.05, 0) is 11.8 Å². The molecular formula is C10H12N5O4PS2. The van der Waals surface area contributed by atoms with Crippen LogP contribution in [-0.2, 0) is 25.6 Å². The molecule has 0 saturated carbocycles. The van der Waals surface area contributed by atoms with Crippen molar-refractivity contribution in [1.29, 1.82) is 0 Å². The second kappa shape index (κ2) is 5.10. The topological polar surface area (TPSA) is 118 Å². The maximum atomic E-state index is 10.5. The summed E-state index contributed by atoms with van der Waals surface area (Å²) in [6, 6.07) is 0. The summed E-state index contributed by atoms with van der Waals surface area (Å²) in [4.78, 5) is 12.2. The Hall–Kier alpha value is -0.810. The lowest BCUT2D eigenvalue weighted by atomic mass is 10.1. The Bertz CT molecular complexity index is 788. The number of hydrogen-bond donors (Lipinski definition) is 3. The number of thiol groups is 1. The molecule has 5 atom stereocenters. The first-order valence-electron chi connectivity index (χ1n) is 6.38. The standard InChI is InChI=1S/C10H12N5O4PS2/c11-8-5-9(13-2-12-8)15(3-14-5)10-6(16)7-4(18-10)1-17-20(21,22)19-7/h2-4,6-7,10,16H,1H2,(H,21,22)(H2,11,12,13)/t4-,6-,7-,10-/m1/s1. The largest absolute Gasteiger partial charge is 0.386 e. The highest BCUT2D eigenvalue weighted by molar-refractivity contribution is 8.60. The summed E-state index contributed by atoms with van der Waals surface area (Å²) in [6.07, 6.45) is 0.130. The van der Waals surface area contributed by atoms with E-state index in [1.807, 2.05) is 0 Å². The fourth-order valence-corrected chi connectivity index (χ4v) is 4.59. The maximum Gasteiger partial charge on any atom is 0.244 e. The van der Waals surface area contributed by atoms with E-state index in [0.717, 1.165) is 0 Å². The molecule has 2 aromatic heterocycles. The summed E-state index contributed by atoms with van der Waals surface area (Å²) in [5.41, 5.74) is 4.05. The SMILES string of the molecule is Nc1ncnc2c1ncn2[C@@H]1O[C@@H]2COP(=S)(S)O[C@H]2[C@H]1O. The van der Waals surface area contributed by atoms with Gasteiger partial charge in [0.05, 0.1) is 12.9 Å². The monoisotopic (exact) mass is 361 g/mol. The Morgan fingerprint density at radius 1 is 1.45 bits per heavy atom. The van der Waals surface area contributed by atoms with E-state index in [9.17, 15) is 5.11 Å². The minimum atomic E-state index is -2.64. The molecular weight excluding hydrogens is 349 g/mol. The molecule has 2 aromatic rings. The van der Waals surface area contributed by atoms with Gasteiger partial charge >= 0.3 is 0 Å². The van der Waals surface area contributed by atoms with Crippen molar-refractivity contribution in [3.63, 3.8) is 0 Å². The Balaban J connectivity index is 1.71. The number of nitrogen functional groups attached to an aromatic ring is 1. The van der Waals surface area contributed by atoms with Crippen LogP contribution in [0.4, 0.5) is 5.82 Å². The van der Waals surface area contributed by atoms with E-state index < -0.39 is 30.2 Å². The average molecular weight is 361 g/mol. The molecule has 4 heterocycles. The number of aromatic nitrogens is 4. The van der Waals surface area contributed by atoms with E-state index in [4.69, 9.17) is 31.3 Å². The molecule has 0 amide bonds. The molecule has 118 valence electrons. The number of aliphatic hydroxyl groups is 1. The van der Waals surface area contributed by atoms with Crippen LogP contribution in [0.25, 0.3) is 11.2 Å². The van der Waals surface area contributed by atoms with Gasteiger partial charge < -0.3 is 24.6 Å². The highest BCUT2D eigenvalue weighted by Crippen LogP contribution is 2.59. The average Bonchev–Trinajstić information content (AvgIpc) is 3.01. The van der Waals surface area contributed by atoms with Crippen molar-refractivity contribution < 1.29 is 18.9 Å². The van der Waals surface area contributed by atoms with Gasteiger partial charge in [0.2, 0.25) is 5.69 Å². The third-order valence-electron chi connectivity index (χ3n) is 3.63. The first-order valence-corrected chi connectivity index (χ1v) is 10.2. The summed E-state index contributed by atoms with van der Waals surface area (Å²) >= 11 is 9.29. The molecule has 0 spiro atoms. The summed E-state index contributed by atoms with van der Waals surface area (Å²) in [5.74, 6) is 0.263. The maximum absolute atomic E-state index is 10.5. The Kier molecular flexibility index (Phi) is 3.42. The van der Waals surface area contributed by atoms with Crippen LogP contribution in [0.15, 0.2) is 12.7 Å². The van der Waals surface area contributed by atoms with Crippen LogP contribution in [0.1, 0.15) is 6.23 Å². The predicted octanol–water partition coefficient (Wildman–Crippen LogP) is 0.236. The van der Waals surface area contributed by atoms with Crippen LogP contribution in [-0.4, -0.2) is 49.5 Å². The predicted molar refractivity (Wildman–Crippen MR) is 83.7 cm³/mol. The molecule has 4 rings (SSSR count). The Labute approximate surface area is 135 Å². The van der Waals surface area contributed by atoms with Crippen molar-refractivity contribution in [1.82, 2.24) is 19.5 Å². The van der Waals surface area contributed by atoms with Crippen molar-refractivity contribution in [3.05, 3.63) is 12.7 Å². The second-order valence-corrected chi connectivity index (χ2v) is 10.2. The number of anilines is 1. The zero-order valence-electron chi connectivity index (χ0n) is 11.0. The minimum absolute atomic E-state index is 0.225. The van der Waals surface area contributed by atoms with Crippen LogP contribution >= 0.6 is 17.9 Å². The lowest BCUT2D eigenvalue weighted by Gasteiger charge is -2.31. The van der Waals surface area contributed by atoms with Crippen LogP contribution in [0.2, 0.25) is 0 Å². The van der Waals surface area contributed by atoms with Crippen molar-refractivity contribution in [2.24, 2.45) is 0 Å². The van der Waals surface area contributed by atoms with Crippen molar-refractivity contribution in [3.8, 4) is 0 Å². The molecule has 3 N–H and O–H groups in total. The van der Waals surface area contributed by atoms with E-state index in [1.54, 1.807) is 4.57 Å². The molecule has 2 fully saturated rings. The summed E-state index contributed by atoms with van der Waals surface area (Å²) in [7, 11) is 0. The van der Waals surface area contributed by atoms with E-state index in [0.29, 0.717) is 11.2 Å². The first kappa shape index (κ1) is 14.8. The third-order valence-corrected chi connectivity index (χ3v) is 5.82. The fraction of sp³-hybridized carbons (Fsp3) is 0.500. The highest BCUT2D eigenvalue weighted by Gasteiger charge is 2.50. The number of ether oxygens (including phenoxy) is 1. The first-order chi connectivity index (χ1) is 10.5. The summed E-state index contributed by atoms with van der Waals surface area (Å²) < 4.78 is 18.4. The van der Waals surface area contributed by atoms with E-state index in [2.05, 4.69) is 27.2 Å². The molecule has 2 aliphatic rings. The number of nitrogens with two attached hydrogens (primary N) is 1. The molecule has 9 nitrogen and oxygen atoms in total. The molecule has 2 saturated heterocycles. The Morgan fingerprint density at radius 2 is 2.27 bits per heavy atom. The quantitative estimate of drug-likeness (QED) is 0.485. The van der Waals surface area contributed by atoms with Crippen LogP contribution in [0.5, 0.6) is 0 Å². The smallest absolute Gasteiger partial charge is 0.244 e.